The van der Waals surface area contributed by atoms with E-state index in [1.165, 1.54) is 12.1 Å². The molecule has 4 N–H and O–H groups in total. The minimum Gasteiger partial charge on any atom is -0.508 e. The lowest BCUT2D eigenvalue weighted by Crippen LogP contribution is -2.62. The molecule has 0 radical (unpaired) electrons. The van der Waals surface area contributed by atoms with Crippen molar-refractivity contribution in [3.8, 4) is 5.75 Å². The lowest BCUT2D eigenvalue weighted by molar-refractivity contribution is -0.143. The number of hydrogen-bond donors (Lipinski definition) is 4. The van der Waals surface area contributed by atoms with Crippen LogP contribution >= 0.6 is 0 Å². The maximum absolute atomic E-state index is 11.8. The van der Waals surface area contributed by atoms with Gasteiger partial charge in [-0.05, 0) is 17.7 Å². The molecule has 1 heterocycles. The first-order valence-corrected chi connectivity index (χ1v) is 6.06. The van der Waals surface area contributed by atoms with E-state index in [0.717, 1.165) is 5.56 Å². The number of nitrogens with one attached hydrogen (secondary N) is 2. The van der Waals surface area contributed by atoms with Crippen molar-refractivity contribution in [2.75, 3.05) is 0 Å². The quantitative estimate of drug-likeness (QED) is 0.586. The molecule has 0 aromatic heterocycles. The van der Waals surface area contributed by atoms with Crippen LogP contribution in [0.25, 0.3) is 0 Å². The first kappa shape index (κ1) is 13.9. The molecule has 0 unspecified atom stereocenters. The van der Waals surface area contributed by atoms with Gasteiger partial charge in [0.2, 0.25) is 11.8 Å². The first-order valence-electron chi connectivity index (χ1n) is 6.06. The summed E-state index contributed by atoms with van der Waals surface area (Å²) in [5, 5.41) is 22.7. The Balaban J connectivity index is 2.01. The number of piperazine rings is 1. The van der Waals surface area contributed by atoms with E-state index >= 15 is 0 Å². The standard InChI is InChI=1S/C13H14N2O5/c16-8-3-1-7(2-4-8)5-9-12(19)15-10(6-11(17)18)13(20)14-9/h1-4,9-10,16H,5-6H2,(H,14,20)(H,15,19)(H,17,18)/t9-,10-/m0/s1. The van der Waals surface area contributed by atoms with Crippen LogP contribution in [0.2, 0.25) is 0 Å². The summed E-state index contributed by atoms with van der Waals surface area (Å²) in [5.41, 5.74) is 0.778. The van der Waals surface area contributed by atoms with Gasteiger partial charge >= 0.3 is 5.97 Å². The van der Waals surface area contributed by atoms with Crippen molar-refractivity contribution >= 4 is 17.8 Å². The highest BCUT2D eigenvalue weighted by Crippen LogP contribution is 2.13. The summed E-state index contributed by atoms with van der Waals surface area (Å²) in [7, 11) is 0. The van der Waals surface area contributed by atoms with Crippen LogP contribution in [0.4, 0.5) is 0 Å². The van der Waals surface area contributed by atoms with E-state index < -0.39 is 36.3 Å². The lowest BCUT2D eigenvalue weighted by atomic mass is 10.0. The normalized spacial score (nSPS) is 22.0. The van der Waals surface area contributed by atoms with Gasteiger partial charge in [-0.3, -0.25) is 14.4 Å². The molecule has 1 aromatic rings. The Morgan fingerprint density at radius 1 is 1.05 bits per heavy atom. The molecule has 2 amide bonds. The predicted octanol–water partition coefficient (Wildman–Crippen LogP) is -0.607. The Kier molecular flexibility index (Phi) is 3.88. The van der Waals surface area contributed by atoms with Crippen molar-refractivity contribution in [3.05, 3.63) is 29.8 Å². The summed E-state index contributed by atoms with van der Waals surface area (Å²) in [6, 6.07) is 4.51. The highest BCUT2D eigenvalue weighted by Gasteiger charge is 2.34. The van der Waals surface area contributed by atoms with Crippen LogP contribution in [0, 0.1) is 0 Å². The van der Waals surface area contributed by atoms with Crippen LogP contribution in [0.15, 0.2) is 24.3 Å². The number of hydrogen-bond acceptors (Lipinski definition) is 4. The van der Waals surface area contributed by atoms with Crippen LogP contribution in [0.5, 0.6) is 5.75 Å². The average molecular weight is 278 g/mol. The highest BCUT2D eigenvalue weighted by atomic mass is 16.4. The number of carbonyl (C=O) groups is 3. The molecule has 0 bridgehead atoms. The number of amides is 2. The number of carbonyl (C=O) groups excluding carboxylic acids is 2. The molecule has 0 spiro atoms. The number of aliphatic carboxylic acids is 1. The minimum absolute atomic E-state index is 0.118. The molecule has 1 aromatic carbocycles. The van der Waals surface area contributed by atoms with E-state index in [1.54, 1.807) is 12.1 Å². The summed E-state index contributed by atoms with van der Waals surface area (Å²) in [5.74, 6) is -1.95. The van der Waals surface area contributed by atoms with E-state index in [9.17, 15) is 19.5 Å². The van der Waals surface area contributed by atoms with Gasteiger partial charge in [-0.25, -0.2) is 0 Å². The minimum atomic E-state index is -1.15. The van der Waals surface area contributed by atoms with Crippen molar-refractivity contribution in [1.82, 2.24) is 10.6 Å². The van der Waals surface area contributed by atoms with Crippen molar-refractivity contribution in [3.63, 3.8) is 0 Å². The largest absolute Gasteiger partial charge is 0.508 e. The number of phenols is 1. The summed E-state index contributed by atoms with van der Waals surface area (Å²) in [6.07, 6.45) is -0.166. The fourth-order valence-corrected chi connectivity index (χ4v) is 2.01. The van der Waals surface area contributed by atoms with E-state index in [4.69, 9.17) is 5.11 Å². The average Bonchev–Trinajstić information content (AvgIpc) is 2.37. The molecule has 7 heteroatoms. The molecule has 2 atom stereocenters. The summed E-state index contributed by atoms with van der Waals surface area (Å²) in [4.78, 5) is 34.1. The molecule has 2 rings (SSSR count). The fraction of sp³-hybridized carbons (Fsp3) is 0.308. The smallest absolute Gasteiger partial charge is 0.305 e. The van der Waals surface area contributed by atoms with Gasteiger partial charge in [0.1, 0.15) is 17.8 Å². The maximum Gasteiger partial charge on any atom is 0.305 e. The molecule has 20 heavy (non-hydrogen) atoms. The number of aromatic hydroxyl groups is 1. The third-order valence-electron chi connectivity index (χ3n) is 3.02. The number of carboxylic acids is 1. The van der Waals surface area contributed by atoms with Gasteiger partial charge < -0.3 is 20.8 Å². The van der Waals surface area contributed by atoms with Crippen LogP contribution < -0.4 is 10.6 Å². The zero-order chi connectivity index (χ0) is 14.7. The van der Waals surface area contributed by atoms with Crippen LogP contribution in [0.3, 0.4) is 0 Å². The molecule has 0 aliphatic carbocycles. The number of carboxylic acid groups (broad SMARTS) is 1. The van der Waals surface area contributed by atoms with Crippen LogP contribution in [0.1, 0.15) is 12.0 Å². The topological polar surface area (TPSA) is 116 Å². The van der Waals surface area contributed by atoms with Gasteiger partial charge in [0, 0.05) is 6.42 Å². The Bertz CT molecular complexity index is 540. The van der Waals surface area contributed by atoms with E-state index in [-0.39, 0.29) is 12.2 Å². The second-order valence-corrected chi connectivity index (χ2v) is 4.59. The molecular weight excluding hydrogens is 264 g/mol. The Morgan fingerprint density at radius 3 is 2.20 bits per heavy atom. The summed E-state index contributed by atoms with van der Waals surface area (Å²) < 4.78 is 0. The molecule has 1 aliphatic heterocycles. The molecule has 1 fully saturated rings. The second-order valence-electron chi connectivity index (χ2n) is 4.59. The SMILES string of the molecule is O=C(O)C[C@@H]1NC(=O)[C@H](Cc2ccc(O)cc2)NC1=O. The molecular formula is C13H14N2O5. The van der Waals surface area contributed by atoms with Gasteiger partial charge in [0.15, 0.2) is 0 Å². The highest BCUT2D eigenvalue weighted by molar-refractivity contribution is 5.98. The molecule has 7 nitrogen and oxygen atoms in total. The predicted molar refractivity (Wildman–Crippen MR) is 67.9 cm³/mol. The van der Waals surface area contributed by atoms with Crippen molar-refractivity contribution < 1.29 is 24.6 Å². The first-order chi connectivity index (χ1) is 9.45. The monoisotopic (exact) mass is 278 g/mol. The van der Waals surface area contributed by atoms with Gasteiger partial charge in [-0.15, -0.1) is 0 Å². The van der Waals surface area contributed by atoms with Gasteiger partial charge in [-0.1, -0.05) is 12.1 Å². The summed E-state index contributed by atoms with van der Waals surface area (Å²) in [6.45, 7) is 0. The van der Waals surface area contributed by atoms with Crippen molar-refractivity contribution in [2.24, 2.45) is 0 Å². The van der Waals surface area contributed by atoms with Gasteiger partial charge in [0.05, 0.1) is 6.42 Å². The Morgan fingerprint density at radius 2 is 1.60 bits per heavy atom. The number of benzene rings is 1. The fourth-order valence-electron chi connectivity index (χ4n) is 2.01. The van der Waals surface area contributed by atoms with Crippen molar-refractivity contribution in [1.29, 1.82) is 0 Å². The molecule has 0 saturated carbocycles. The third-order valence-corrected chi connectivity index (χ3v) is 3.02. The zero-order valence-electron chi connectivity index (χ0n) is 10.5. The second kappa shape index (κ2) is 5.60. The van der Waals surface area contributed by atoms with Crippen LogP contribution in [-0.2, 0) is 20.8 Å². The molecule has 1 saturated heterocycles. The maximum atomic E-state index is 11.8. The Hall–Kier alpha value is -2.57. The van der Waals surface area contributed by atoms with E-state index in [2.05, 4.69) is 10.6 Å². The van der Waals surface area contributed by atoms with Crippen LogP contribution in [-0.4, -0.2) is 40.1 Å². The van der Waals surface area contributed by atoms with Crippen molar-refractivity contribution in [2.45, 2.75) is 24.9 Å². The van der Waals surface area contributed by atoms with E-state index in [1.807, 2.05) is 0 Å². The van der Waals surface area contributed by atoms with Gasteiger partial charge in [0.25, 0.3) is 0 Å². The van der Waals surface area contributed by atoms with Gasteiger partial charge in [-0.2, -0.15) is 0 Å². The molecule has 106 valence electrons. The van der Waals surface area contributed by atoms with E-state index in [0.29, 0.717) is 0 Å². The third kappa shape index (κ3) is 3.25. The lowest BCUT2D eigenvalue weighted by Gasteiger charge is -2.28. The summed E-state index contributed by atoms with van der Waals surface area (Å²) >= 11 is 0. The zero-order valence-corrected chi connectivity index (χ0v) is 10.5. The molecule has 1 aliphatic rings. The number of phenolic OH excluding ortho intramolecular Hbond substituents is 1. The Labute approximate surface area is 114 Å². The number of rotatable bonds is 4.